The van der Waals surface area contributed by atoms with Crippen LogP contribution in [0.25, 0.3) is 0 Å². The highest BCUT2D eigenvalue weighted by Gasteiger charge is 2.09. The Kier molecular flexibility index (Phi) is 3.59. The molecule has 0 spiro atoms. The molecule has 0 amide bonds. The van der Waals surface area contributed by atoms with Crippen molar-refractivity contribution in [2.75, 3.05) is 12.4 Å². The monoisotopic (exact) mass is 289 g/mol. The molecule has 0 fully saturated rings. The molecule has 0 aliphatic heterocycles. The Morgan fingerprint density at radius 1 is 1.06 bits per heavy atom. The third-order valence-electron chi connectivity index (χ3n) is 2.50. The van der Waals surface area contributed by atoms with Gasteiger partial charge in [0.1, 0.15) is 0 Å². The molecule has 17 heavy (non-hydrogen) atoms. The first-order chi connectivity index (χ1) is 8.20. The van der Waals surface area contributed by atoms with Crippen LogP contribution in [0.3, 0.4) is 0 Å². The van der Waals surface area contributed by atoms with Gasteiger partial charge in [0.2, 0.25) is 0 Å². The van der Waals surface area contributed by atoms with Gasteiger partial charge in [0, 0.05) is 28.3 Å². The van der Waals surface area contributed by atoms with Crippen molar-refractivity contribution in [1.29, 1.82) is 0 Å². The number of hydrogen-bond donors (Lipinski definition) is 1. The molecule has 0 aromatic heterocycles. The summed E-state index contributed by atoms with van der Waals surface area (Å²) in [5, 5.41) is 3.02. The average molecular weight is 290 g/mol. The molecule has 3 heteroatoms. The largest absolute Gasteiger partial charge is 0.388 e. The normalized spacial score (nSPS) is 10.0. The number of benzene rings is 2. The molecule has 0 unspecified atom stereocenters. The van der Waals surface area contributed by atoms with Crippen molar-refractivity contribution >= 4 is 27.4 Å². The molecule has 0 aliphatic rings. The molecular formula is C14H12BrNO. The van der Waals surface area contributed by atoms with Gasteiger partial charge in [-0.3, -0.25) is 4.79 Å². The molecule has 2 nitrogen and oxygen atoms in total. The minimum atomic E-state index is 0.0309. The molecule has 0 radical (unpaired) electrons. The SMILES string of the molecule is CNc1cccc(C(=O)c2cccc(Br)c2)c1. The molecule has 0 saturated heterocycles. The van der Waals surface area contributed by atoms with E-state index in [1.807, 2.05) is 55.6 Å². The van der Waals surface area contributed by atoms with Crippen LogP contribution in [0.2, 0.25) is 0 Å². The summed E-state index contributed by atoms with van der Waals surface area (Å²) in [4.78, 5) is 12.2. The van der Waals surface area contributed by atoms with Crippen LogP contribution in [-0.2, 0) is 0 Å². The summed E-state index contributed by atoms with van der Waals surface area (Å²) in [5.74, 6) is 0.0309. The van der Waals surface area contributed by atoms with E-state index in [0.717, 1.165) is 10.2 Å². The minimum absolute atomic E-state index is 0.0309. The van der Waals surface area contributed by atoms with Crippen molar-refractivity contribution in [3.63, 3.8) is 0 Å². The number of anilines is 1. The Morgan fingerprint density at radius 2 is 1.71 bits per heavy atom. The molecular weight excluding hydrogens is 278 g/mol. The molecule has 86 valence electrons. The maximum Gasteiger partial charge on any atom is 0.193 e. The van der Waals surface area contributed by atoms with Gasteiger partial charge in [0.05, 0.1) is 0 Å². The number of ketones is 1. The predicted octanol–water partition coefficient (Wildman–Crippen LogP) is 3.72. The second-order valence-corrected chi connectivity index (χ2v) is 4.59. The third-order valence-corrected chi connectivity index (χ3v) is 2.99. The van der Waals surface area contributed by atoms with Crippen LogP contribution >= 0.6 is 15.9 Å². The van der Waals surface area contributed by atoms with E-state index in [1.54, 1.807) is 0 Å². The van der Waals surface area contributed by atoms with Gasteiger partial charge in [-0.05, 0) is 24.3 Å². The molecule has 0 atom stereocenters. The molecule has 0 aliphatic carbocycles. The fourth-order valence-electron chi connectivity index (χ4n) is 1.61. The van der Waals surface area contributed by atoms with Crippen molar-refractivity contribution in [1.82, 2.24) is 0 Å². The highest BCUT2D eigenvalue weighted by molar-refractivity contribution is 9.10. The van der Waals surface area contributed by atoms with Crippen molar-refractivity contribution < 1.29 is 4.79 Å². The summed E-state index contributed by atoms with van der Waals surface area (Å²) in [5.41, 5.74) is 2.31. The summed E-state index contributed by atoms with van der Waals surface area (Å²) < 4.78 is 0.910. The molecule has 0 saturated carbocycles. The van der Waals surface area contributed by atoms with Gasteiger partial charge in [-0.2, -0.15) is 0 Å². The average Bonchev–Trinajstić information content (AvgIpc) is 2.38. The highest BCUT2D eigenvalue weighted by atomic mass is 79.9. The Hall–Kier alpha value is -1.61. The van der Waals surface area contributed by atoms with E-state index >= 15 is 0 Å². The zero-order valence-electron chi connectivity index (χ0n) is 9.41. The second kappa shape index (κ2) is 5.15. The van der Waals surface area contributed by atoms with Gasteiger partial charge in [0.15, 0.2) is 5.78 Å². The van der Waals surface area contributed by atoms with Gasteiger partial charge >= 0.3 is 0 Å². The number of rotatable bonds is 3. The van der Waals surface area contributed by atoms with Crippen molar-refractivity contribution in [2.24, 2.45) is 0 Å². The smallest absolute Gasteiger partial charge is 0.193 e. The lowest BCUT2D eigenvalue weighted by Crippen LogP contribution is -2.01. The van der Waals surface area contributed by atoms with Gasteiger partial charge in [-0.15, -0.1) is 0 Å². The van der Waals surface area contributed by atoms with Crippen LogP contribution < -0.4 is 5.32 Å². The first-order valence-corrected chi connectivity index (χ1v) is 6.08. The number of halogens is 1. The topological polar surface area (TPSA) is 29.1 Å². The fraction of sp³-hybridized carbons (Fsp3) is 0.0714. The van der Waals surface area contributed by atoms with E-state index < -0.39 is 0 Å². The van der Waals surface area contributed by atoms with Gasteiger partial charge in [-0.1, -0.05) is 40.2 Å². The minimum Gasteiger partial charge on any atom is -0.388 e. The Balaban J connectivity index is 2.36. The van der Waals surface area contributed by atoms with E-state index in [1.165, 1.54) is 0 Å². The second-order valence-electron chi connectivity index (χ2n) is 3.67. The summed E-state index contributed by atoms with van der Waals surface area (Å²) >= 11 is 3.37. The predicted molar refractivity (Wildman–Crippen MR) is 73.6 cm³/mol. The first-order valence-electron chi connectivity index (χ1n) is 5.29. The third kappa shape index (κ3) is 2.74. The lowest BCUT2D eigenvalue weighted by molar-refractivity contribution is 0.103. The zero-order chi connectivity index (χ0) is 12.3. The fourth-order valence-corrected chi connectivity index (χ4v) is 2.01. The van der Waals surface area contributed by atoms with Crippen LogP contribution in [-0.4, -0.2) is 12.8 Å². The summed E-state index contributed by atoms with van der Waals surface area (Å²) in [6.45, 7) is 0. The lowest BCUT2D eigenvalue weighted by atomic mass is 10.0. The first kappa shape index (κ1) is 11.9. The van der Waals surface area contributed by atoms with E-state index in [4.69, 9.17) is 0 Å². The van der Waals surface area contributed by atoms with Gasteiger partial charge in [-0.25, -0.2) is 0 Å². The maximum atomic E-state index is 12.2. The van der Waals surface area contributed by atoms with Crippen molar-refractivity contribution in [3.05, 3.63) is 64.1 Å². The molecule has 2 aromatic rings. The van der Waals surface area contributed by atoms with Crippen LogP contribution in [0.4, 0.5) is 5.69 Å². The lowest BCUT2D eigenvalue weighted by Gasteiger charge is -2.04. The number of carbonyl (C=O) groups is 1. The summed E-state index contributed by atoms with van der Waals surface area (Å²) in [6, 6.07) is 14.9. The molecule has 0 heterocycles. The van der Waals surface area contributed by atoms with E-state index in [2.05, 4.69) is 21.2 Å². The van der Waals surface area contributed by atoms with Gasteiger partial charge in [0.25, 0.3) is 0 Å². The Morgan fingerprint density at radius 3 is 2.35 bits per heavy atom. The van der Waals surface area contributed by atoms with Crippen molar-refractivity contribution in [2.45, 2.75) is 0 Å². The van der Waals surface area contributed by atoms with E-state index in [9.17, 15) is 4.79 Å². The van der Waals surface area contributed by atoms with Gasteiger partial charge < -0.3 is 5.32 Å². The van der Waals surface area contributed by atoms with E-state index in [0.29, 0.717) is 11.1 Å². The van der Waals surface area contributed by atoms with Crippen LogP contribution in [0.15, 0.2) is 53.0 Å². The molecule has 1 N–H and O–H groups in total. The van der Waals surface area contributed by atoms with Crippen LogP contribution in [0, 0.1) is 0 Å². The van der Waals surface area contributed by atoms with Crippen LogP contribution in [0.5, 0.6) is 0 Å². The number of nitrogens with one attached hydrogen (secondary N) is 1. The number of hydrogen-bond acceptors (Lipinski definition) is 2. The molecule has 2 aromatic carbocycles. The molecule has 2 rings (SSSR count). The molecule has 0 bridgehead atoms. The quantitative estimate of drug-likeness (QED) is 0.873. The summed E-state index contributed by atoms with van der Waals surface area (Å²) in [7, 11) is 1.84. The Bertz CT molecular complexity index is 551. The maximum absolute atomic E-state index is 12.2. The zero-order valence-corrected chi connectivity index (χ0v) is 11.0. The van der Waals surface area contributed by atoms with Crippen molar-refractivity contribution in [3.8, 4) is 0 Å². The van der Waals surface area contributed by atoms with E-state index in [-0.39, 0.29) is 5.78 Å². The Labute approximate surface area is 109 Å². The highest BCUT2D eigenvalue weighted by Crippen LogP contribution is 2.17. The number of carbonyl (C=O) groups excluding carboxylic acids is 1. The van der Waals surface area contributed by atoms with Crippen LogP contribution in [0.1, 0.15) is 15.9 Å². The summed E-state index contributed by atoms with van der Waals surface area (Å²) in [6.07, 6.45) is 0. The standard InChI is InChI=1S/C14H12BrNO/c1-16-13-7-3-5-11(9-13)14(17)10-4-2-6-12(15)8-10/h2-9,16H,1H3.